The van der Waals surface area contributed by atoms with Gasteiger partial charge in [-0.3, -0.25) is 9.59 Å². The molecule has 2 aromatic rings. The van der Waals surface area contributed by atoms with Crippen LogP contribution in [0.25, 0.3) is 0 Å². The van der Waals surface area contributed by atoms with Crippen LogP contribution in [0.5, 0.6) is 0 Å². The summed E-state index contributed by atoms with van der Waals surface area (Å²) in [7, 11) is 0. The van der Waals surface area contributed by atoms with Crippen molar-refractivity contribution in [1.82, 2.24) is 20.4 Å². The average molecular weight is 417 g/mol. The van der Waals surface area contributed by atoms with Crippen LogP contribution in [-0.2, 0) is 10.5 Å². The molecule has 0 saturated carbocycles. The van der Waals surface area contributed by atoms with Crippen molar-refractivity contribution in [3.05, 3.63) is 41.4 Å². The number of carbonyl (C=O) groups excluding carboxylic acids is 2. The van der Waals surface area contributed by atoms with Crippen molar-refractivity contribution in [3.63, 3.8) is 0 Å². The van der Waals surface area contributed by atoms with E-state index in [1.807, 2.05) is 13.0 Å². The number of likely N-dealkylation sites (tertiary alicyclic amines) is 1. The van der Waals surface area contributed by atoms with Gasteiger partial charge < -0.3 is 14.7 Å². The molecule has 7 nitrogen and oxygen atoms in total. The molecule has 0 bridgehead atoms. The topological polar surface area (TPSA) is 88.3 Å². The van der Waals surface area contributed by atoms with Gasteiger partial charge in [-0.05, 0) is 37.8 Å². The van der Waals surface area contributed by atoms with Crippen molar-refractivity contribution < 1.29 is 14.1 Å². The monoisotopic (exact) mass is 416 g/mol. The summed E-state index contributed by atoms with van der Waals surface area (Å²) in [6.07, 6.45) is 3.33. The lowest BCUT2D eigenvalue weighted by molar-refractivity contribution is -0.126. The second-order valence-corrected chi connectivity index (χ2v) is 8.77. The van der Waals surface area contributed by atoms with Crippen LogP contribution in [-0.4, -0.2) is 46.5 Å². The molecule has 0 aromatic carbocycles. The van der Waals surface area contributed by atoms with Crippen molar-refractivity contribution in [3.8, 4) is 0 Å². The molecule has 156 valence electrons. The van der Waals surface area contributed by atoms with Gasteiger partial charge in [0.2, 0.25) is 5.91 Å². The lowest BCUT2D eigenvalue weighted by Gasteiger charge is -2.32. The molecule has 1 aliphatic rings. The van der Waals surface area contributed by atoms with Gasteiger partial charge in [0.05, 0.1) is 17.2 Å². The van der Waals surface area contributed by atoms with E-state index in [0.717, 1.165) is 24.3 Å². The summed E-state index contributed by atoms with van der Waals surface area (Å²) in [5.41, 5.74) is 1.39. The number of hydrogen-bond acceptors (Lipinski definition) is 6. The molecule has 1 fully saturated rings. The Morgan fingerprint density at radius 3 is 2.97 bits per heavy atom. The Kier molecular flexibility index (Phi) is 7.30. The van der Waals surface area contributed by atoms with E-state index in [1.165, 1.54) is 11.8 Å². The highest BCUT2D eigenvalue weighted by Gasteiger charge is 2.30. The van der Waals surface area contributed by atoms with Crippen LogP contribution in [0.15, 0.2) is 33.9 Å². The SMILES string of the molecule is Cc1cc(CSc2ncccc2C(=O)N2CCC[C@@H](C(=O)NCC(C)C)C2)no1. The molecular formula is C21H28N4O3S. The fourth-order valence-corrected chi connectivity index (χ4v) is 4.16. The smallest absolute Gasteiger partial charge is 0.256 e. The van der Waals surface area contributed by atoms with Gasteiger partial charge in [-0.2, -0.15) is 0 Å². The Hall–Kier alpha value is -2.35. The maximum atomic E-state index is 13.2. The van der Waals surface area contributed by atoms with Crippen LogP contribution in [0.1, 0.15) is 48.5 Å². The number of piperidine rings is 1. The minimum atomic E-state index is -0.155. The molecule has 0 unspecified atom stereocenters. The largest absolute Gasteiger partial charge is 0.361 e. The number of nitrogens with zero attached hydrogens (tertiary/aromatic N) is 3. The van der Waals surface area contributed by atoms with Crippen molar-refractivity contribution in [1.29, 1.82) is 0 Å². The van der Waals surface area contributed by atoms with Gasteiger partial charge >= 0.3 is 0 Å². The maximum Gasteiger partial charge on any atom is 0.256 e. The molecule has 1 N–H and O–H groups in total. The van der Waals surface area contributed by atoms with Gasteiger partial charge in [0.25, 0.3) is 5.91 Å². The highest BCUT2D eigenvalue weighted by molar-refractivity contribution is 7.98. The number of aryl methyl sites for hydroxylation is 1. The second kappa shape index (κ2) is 9.91. The summed E-state index contributed by atoms with van der Waals surface area (Å²) < 4.78 is 5.10. The third kappa shape index (κ3) is 5.82. The van der Waals surface area contributed by atoms with E-state index in [4.69, 9.17) is 4.52 Å². The summed E-state index contributed by atoms with van der Waals surface area (Å²) in [6, 6.07) is 5.45. The second-order valence-electron chi connectivity index (χ2n) is 7.80. The normalized spacial score (nSPS) is 16.8. The van der Waals surface area contributed by atoms with Crippen LogP contribution >= 0.6 is 11.8 Å². The molecule has 3 rings (SSSR count). The molecule has 0 radical (unpaired) electrons. The lowest BCUT2D eigenvalue weighted by Crippen LogP contribution is -2.46. The highest BCUT2D eigenvalue weighted by atomic mass is 32.2. The van der Waals surface area contributed by atoms with Gasteiger partial charge in [-0.15, -0.1) is 0 Å². The third-order valence-electron chi connectivity index (χ3n) is 4.80. The Bertz CT molecular complexity index is 852. The van der Waals surface area contributed by atoms with E-state index in [2.05, 4.69) is 29.3 Å². The number of carbonyl (C=O) groups is 2. The van der Waals surface area contributed by atoms with Gasteiger partial charge in [0.1, 0.15) is 10.8 Å². The predicted molar refractivity (Wildman–Crippen MR) is 112 cm³/mol. The number of amides is 2. The molecule has 1 aliphatic heterocycles. The molecule has 0 aliphatic carbocycles. The van der Waals surface area contributed by atoms with E-state index in [9.17, 15) is 9.59 Å². The molecule has 3 heterocycles. The minimum absolute atomic E-state index is 0.0402. The standard InChI is InChI=1S/C21H28N4O3S/c1-14(2)11-23-19(26)16-6-5-9-25(12-16)21(27)18-7-4-8-22-20(18)29-13-17-10-15(3)28-24-17/h4,7-8,10,14,16H,5-6,9,11-13H2,1-3H3,(H,23,26)/t16-/m1/s1. The summed E-state index contributed by atoms with van der Waals surface area (Å²) in [6.45, 7) is 7.76. The number of aromatic nitrogens is 2. The third-order valence-corrected chi connectivity index (χ3v) is 5.84. The fourth-order valence-electron chi connectivity index (χ4n) is 3.29. The van der Waals surface area contributed by atoms with Crippen molar-refractivity contribution in [2.75, 3.05) is 19.6 Å². The summed E-state index contributed by atoms with van der Waals surface area (Å²) in [4.78, 5) is 31.8. The quantitative estimate of drug-likeness (QED) is 0.697. The molecule has 2 aromatic heterocycles. The maximum absolute atomic E-state index is 13.2. The van der Waals surface area contributed by atoms with E-state index >= 15 is 0 Å². The number of pyridine rings is 1. The number of rotatable bonds is 7. The van der Waals surface area contributed by atoms with E-state index in [1.54, 1.807) is 23.2 Å². The van der Waals surface area contributed by atoms with Crippen LogP contribution < -0.4 is 5.32 Å². The van der Waals surface area contributed by atoms with Crippen molar-refractivity contribution in [2.45, 2.75) is 44.4 Å². The first-order valence-electron chi connectivity index (χ1n) is 10.0. The van der Waals surface area contributed by atoms with Crippen LogP contribution in [0.3, 0.4) is 0 Å². The molecular weight excluding hydrogens is 388 g/mol. The van der Waals surface area contributed by atoms with E-state index in [-0.39, 0.29) is 17.7 Å². The van der Waals surface area contributed by atoms with Gasteiger partial charge in [-0.25, -0.2) is 4.98 Å². The fraction of sp³-hybridized carbons (Fsp3) is 0.524. The Morgan fingerprint density at radius 1 is 1.41 bits per heavy atom. The van der Waals surface area contributed by atoms with Crippen LogP contribution in [0.4, 0.5) is 0 Å². The first kappa shape index (κ1) is 21.4. The highest BCUT2D eigenvalue weighted by Crippen LogP contribution is 2.27. The Morgan fingerprint density at radius 2 is 2.24 bits per heavy atom. The van der Waals surface area contributed by atoms with Gasteiger partial charge in [0.15, 0.2) is 0 Å². The molecule has 1 saturated heterocycles. The van der Waals surface area contributed by atoms with E-state index in [0.29, 0.717) is 41.9 Å². The van der Waals surface area contributed by atoms with Gasteiger partial charge in [0, 0.05) is 37.7 Å². The first-order chi connectivity index (χ1) is 13.9. The lowest BCUT2D eigenvalue weighted by atomic mass is 9.96. The molecule has 1 atom stereocenters. The van der Waals surface area contributed by atoms with Crippen molar-refractivity contribution in [2.24, 2.45) is 11.8 Å². The number of thioether (sulfide) groups is 1. The van der Waals surface area contributed by atoms with Gasteiger partial charge in [-0.1, -0.05) is 30.8 Å². The summed E-state index contributed by atoms with van der Waals surface area (Å²) >= 11 is 1.46. The zero-order valence-corrected chi connectivity index (χ0v) is 18.0. The molecule has 8 heteroatoms. The number of nitrogens with one attached hydrogen (secondary N) is 1. The minimum Gasteiger partial charge on any atom is -0.361 e. The zero-order chi connectivity index (χ0) is 20.8. The number of hydrogen-bond donors (Lipinski definition) is 1. The molecule has 0 spiro atoms. The summed E-state index contributed by atoms with van der Waals surface area (Å²) in [5, 5.41) is 7.66. The zero-order valence-electron chi connectivity index (χ0n) is 17.2. The molecule has 29 heavy (non-hydrogen) atoms. The predicted octanol–water partition coefficient (Wildman–Crippen LogP) is 3.29. The Labute approximate surface area is 175 Å². The average Bonchev–Trinajstić information content (AvgIpc) is 3.15. The first-order valence-corrected chi connectivity index (χ1v) is 11.0. The van der Waals surface area contributed by atoms with Crippen molar-refractivity contribution >= 4 is 23.6 Å². The van der Waals surface area contributed by atoms with Crippen LogP contribution in [0, 0.1) is 18.8 Å². The Balaban J connectivity index is 1.65. The molecule has 2 amide bonds. The van der Waals surface area contributed by atoms with Crippen LogP contribution in [0.2, 0.25) is 0 Å². The summed E-state index contributed by atoms with van der Waals surface area (Å²) in [5.74, 6) is 1.56. The van der Waals surface area contributed by atoms with E-state index < -0.39 is 0 Å².